The average molecular weight is 296 g/mol. The first kappa shape index (κ1) is 13.8. The first-order chi connectivity index (χ1) is 10.5. The van der Waals surface area contributed by atoms with Crippen molar-refractivity contribution in [2.24, 2.45) is 0 Å². The van der Waals surface area contributed by atoms with Gasteiger partial charge in [-0.25, -0.2) is 4.79 Å². The quantitative estimate of drug-likeness (QED) is 0.676. The molecule has 0 saturated heterocycles. The number of fused-ring (bicyclic) bond motifs is 1. The van der Waals surface area contributed by atoms with Crippen molar-refractivity contribution in [1.29, 1.82) is 0 Å². The Morgan fingerprint density at radius 3 is 2.36 bits per heavy atom. The van der Waals surface area contributed by atoms with Crippen LogP contribution < -0.4 is 5.63 Å². The van der Waals surface area contributed by atoms with E-state index in [0.29, 0.717) is 0 Å². The van der Waals surface area contributed by atoms with Crippen LogP contribution in [0.5, 0.6) is 17.2 Å². The highest BCUT2D eigenvalue weighted by atomic mass is 16.4. The molecule has 0 bridgehead atoms. The van der Waals surface area contributed by atoms with E-state index in [2.05, 4.69) is 0 Å². The Hall–Kier alpha value is -3.21. The van der Waals surface area contributed by atoms with Crippen molar-refractivity contribution in [3.05, 3.63) is 64.2 Å². The Bertz CT molecular complexity index is 937. The maximum Gasteiger partial charge on any atom is 0.382 e. The maximum atomic E-state index is 11.2. The SMILES string of the molecule is O=c1oc(/C=C/c2ccc3cc(O)ccc3c2)cc(O)c1O. The van der Waals surface area contributed by atoms with Crippen molar-refractivity contribution >= 4 is 22.9 Å². The van der Waals surface area contributed by atoms with E-state index >= 15 is 0 Å². The van der Waals surface area contributed by atoms with Crippen LogP contribution in [0.4, 0.5) is 0 Å². The number of hydrogen-bond donors (Lipinski definition) is 3. The van der Waals surface area contributed by atoms with Gasteiger partial charge in [-0.3, -0.25) is 0 Å². The van der Waals surface area contributed by atoms with Crippen LogP contribution in [0, 0.1) is 0 Å². The molecule has 0 amide bonds. The van der Waals surface area contributed by atoms with Crippen molar-refractivity contribution in [2.45, 2.75) is 0 Å². The number of rotatable bonds is 2. The van der Waals surface area contributed by atoms with Crippen LogP contribution in [0.1, 0.15) is 11.3 Å². The van der Waals surface area contributed by atoms with E-state index in [4.69, 9.17) is 9.52 Å². The van der Waals surface area contributed by atoms with Gasteiger partial charge in [-0.1, -0.05) is 24.3 Å². The van der Waals surface area contributed by atoms with E-state index in [1.54, 1.807) is 24.3 Å². The monoisotopic (exact) mass is 296 g/mol. The molecule has 2 aromatic carbocycles. The summed E-state index contributed by atoms with van der Waals surface area (Å²) >= 11 is 0. The predicted molar refractivity (Wildman–Crippen MR) is 82.8 cm³/mol. The molecular formula is C17H12O5. The maximum absolute atomic E-state index is 11.2. The summed E-state index contributed by atoms with van der Waals surface area (Å²) in [6.45, 7) is 0. The van der Waals surface area contributed by atoms with Gasteiger partial charge >= 0.3 is 5.63 Å². The normalized spacial score (nSPS) is 11.3. The molecule has 22 heavy (non-hydrogen) atoms. The minimum absolute atomic E-state index is 0.131. The number of aromatic hydroxyl groups is 3. The lowest BCUT2D eigenvalue weighted by atomic mass is 10.1. The molecule has 0 fully saturated rings. The van der Waals surface area contributed by atoms with Crippen LogP contribution in [-0.4, -0.2) is 15.3 Å². The van der Waals surface area contributed by atoms with Crippen LogP contribution in [0.15, 0.2) is 51.7 Å². The van der Waals surface area contributed by atoms with Gasteiger partial charge in [0.05, 0.1) is 0 Å². The highest BCUT2D eigenvalue weighted by Gasteiger charge is 2.07. The molecule has 0 unspecified atom stereocenters. The third-order valence-corrected chi connectivity index (χ3v) is 3.21. The highest BCUT2D eigenvalue weighted by Crippen LogP contribution is 2.23. The van der Waals surface area contributed by atoms with Crippen molar-refractivity contribution in [3.8, 4) is 17.2 Å². The van der Waals surface area contributed by atoms with E-state index in [-0.39, 0.29) is 11.5 Å². The zero-order chi connectivity index (χ0) is 15.7. The van der Waals surface area contributed by atoms with Crippen LogP contribution >= 0.6 is 0 Å². The van der Waals surface area contributed by atoms with E-state index < -0.39 is 17.1 Å². The van der Waals surface area contributed by atoms with Gasteiger partial charge in [0.15, 0.2) is 5.75 Å². The summed E-state index contributed by atoms with van der Waals surface area (Å²) in [5, 5.41) is 29.8. The Morgan fingerprint density at radius 2 is 1.59 bits per heavy atom. The van der Waals surface area contributed by atoms with Gasteiger partial charge < -0.3 is 19.7 Å². The summed E-state index contributed by atoms with van der Waals surface area (Å²) in [6.07, 6.45) is 3.23. The molecule has 1 aromatic heterocycles. The average Bonchev–Trinajstić information content (AvgIpc) is 2.50. The molecule has 110 valence electrons. The molecule has 1 heterocycles. The smallest absolute Gasteiger partial charge is 0.382 e. The summed E-state index contributed by atoms with van der Waals surface area (Å²) < 4.78 is 4.83. The van der Waals surface area contributed by atoms with Crippen LogP contribution in [0.2, 0.25) is 0 Å². The lowest BCUT2D eigenvalue weighted by Crippen LogP contribution is -1.98. The first-order valence-corrected chi connectivity index (χ1v) is 6.50. The summed E-state index contributed by atoms with van der Waals surface area (Å²) in [5.41, 5.74) is -0.137. The zero-order valence-corrected chi connectivity index (χ0v) is 11.4. The van der Waals surface area contributed by atoms with Gasteiger partial charge in [-0.2, -0.15) is 0 Å². The van der Waals surface area contributed by atoms with Crippen LogP contribution in [0.25, 0.3) is 22.9 Å². The highest BCUT2D eigenvalue weighted by molar-refractivity contribution is 5.86. The number of phenolic OH excluding ortho intramolecular Hbond substituents is 1. The lowest BCUT2D eigenvalue weighted by Gasteiger charge is -2.01. The van der Waals surface area contributed by atoms with Crippen LogP contribution in [0.3, 0.4) is 0 Å². The second-order valence-electron chi connectivity index (χ2n) is 4.79. The van der Waals surface area contributed by atoms with Gasteiger partial charge in [0.2, 0.25) is 5.75 Å². The standard InChI is InChI=1S/C17H12O5/c18-13-5-4-11-7-10(1-3-12(11)8-13)2-6-14-9-15(19)16(20)17(21)22-14/h1-9,18-20H/b6-2+. The first-order valence-electron chi connectivity index (χ1n) is 6.50. The third-order valence-electron chi connectivity index (χ3n) is 3.21. The molecule has 0 radical (unpaired) electrons. The molecule has 0 aliphatic rings. The van der Waals surface area contributed by atoms with E-state index in [0.717, 1.165) is 22.4 Å². The molecule has 0 spiro atoms. The zero-order valence-electron chi connectivity index (χ0n) is 11.4. The molecule has 5 nitrogen and oxygen atoms in total. The van der Waals surface area contributed by atoms with Gasteiger partial charge in [-0.15, -0.1) is 0 Å². The van der Waals surface area contributed by atoms with Crippen molar-refractivity contribution < 1.29 is 19.7 Å². The van der Waals surface area contributed by atoms with E-state index in [9.17, 15) is 15.0 Å². The Morgan fingerprint density at radius 1 is 0.864 bits per heavy atom. The summed E-state index contributed by atoms with van der Waals surface area (Å²) in [7, 11) is 0. The minimum Gasteiger partial charge on any atom is -0.508 e. The third kappa shape index (κ3) is 2.64. The molecular weight excluding hydrogens is 284 g/mol. The van der Waals surface area contributed by atoms with Crippen molar-refractivity contribution in [2.75, 3.05) is 0 Å². The van der Waals surface area contributed by atoms with Gasteiger partial charge in [-0.05, 0) is 40.6 Å². The fourth-order valence-electron chi connectivity index (χ4n) is 2.11. The molecule has 0 atom stereocenters. The second kappa shape index (κ2) is 5.29. The molecule has 5 heteroatoms. The molecule has 3 aromatic rings. The predicted octanol–water partition coefficient (Wildman–Crippen LogP) is 3.08. The Balaban J connectivity index is 1.95. The molecule has 0 saturated carbocycles. The largest absolute Gasteiger partial charge is 0.508 e. The van der Waals surface area contributed by atoms with Gasteiger partial charge in [0, 0.05) is 6.07 Å². The van der Waals surface area contributed by atoms with E-state index in [1.807, 2.05) is 18.2 Å². The lowest BCUT2D eigenvalue weighted by molar-refractivity contribution is 0.362. The number of hydrogen-bond acceptors (Lipinski definition) is 5. The van der Waals surface area contributed by atoms with Gasteiger partial charge in [0.1, 0.15) is 11.5 Å². The number of benzene rings is 2. The summed E-state index contributed by atoms with van der Waals surface area (Å²) in [6, 6.07) is 11.8. The van der Waals surface area contributed by atoms with E-state index in [1.165, 1.54) is 6.08 Å². The van der Waals surface area contributed by atoms with Gasteiger partial charge in [0.25, 0.3) is 0 Å². The molecule has 0 aliphatic carbocycles. The summed E-state index contributed by atoms with van der Waals surface area (Å²) in [5.74, 6) is -0.990. The minimum atomic E-state index is -0.992. The van der Waals surface area contributed by atoms with Crippen molar-refractivity contribution in [3.63, 3.8) is 0 Å². The topological polar surface area (TPSA) is 90.9 Å². The summed E-state index contributed by atoms with van der Waals surface area (Å²) in [4.78, 5) is 11.2. The van der Waals surface area contributed by atoms with Crippen LogP contribution in [-0.2, 0) is 0 Å². The fraction of sp³-hybridized carbons (Fsp3) is 0. The Kier molecular flexibility index (Phi) is 3.31. The van der Waals surface area contributed by atoms with Crippen molar-refractivity contribution in [1.82, 2.24) is 0 Å². The second-order valence-corrected chi connectivity index (χ2v) is 4.79. The Labute approximate surface area is 125 Å². The fourth-order valence-corrected chi connectivity index (χ4v) is 2.11. The molecule has 0 aliphatic heterocycles. The molecule has 3 rings (SSSR count). The molecule has 3 N–H and O–H groups in total. The number of phenols is 1.